The summed E-state index contributed by atoms with van der Waals surface area (Å²) in [6, 6.07) is 5.26. The van der Waals surface area contributed by atoms with E-state index in [1.807, 2.05) is 6.07 Å². The second-order valence-corrected chi connectivity index (χ2v) is 5.24. The van der Waals surface area contributed by atoms with Gasteiger partial charge in [-0.3, -0.25) is 0 Å². The van der Waals surface area contributed by atoms with Crippen molar-refractivity contribution in [3.8, 4) is 0 Å². The van der Waals surface area contributed by atoms with Gasteiger partial charge in [0.1, 0.15) is 5.82 Å². The van der Waals surface area contributed by atoms with E-state index < -0.39 is 5.97 Å². The number of hydrogen-bond donors (Lipinski definition) is 1. The molecule has 0 amide bonds. The van der Waals surface area contributed by atoms with E-state index in [0.29, 0.717) is 11.6 Å². The smallest absolute Gasteiger partial charge is 0.328 e. The molecule has 1 aliphatic rings. The average molecular weight is 277 g/mol. The summed E-state index contributed by atoms with van der Waals surface area (Å²) in [6.45, 7) is 3.03. The molecule has 1 N–H and O–H groups in total. The fourth-order valence-corrected chi connectivity index (χ4v) is 2.73. The number of carboxylic acids is 1. The molecule has 1 fully saturated rings. The first-order valence-electron chi connectivity index (χ1n) is 7.06. The molecule has 2 rings (SSSR count). The topological polar surface area (TPSA) is 40.5 Å². The van der Waals surface area contributed by atoms with Crippen molar-refractivity contribution in [1.82, 2.24) is 0 Å². The van der Waals surface area contributed by atoms with E-state index in [1.54, 1.807) is 6.07 Å². The first-order chi connectivity index (χ1) is 9.59. The third kappa shape index (κ3) is 3.38. The lowest BCUT2D eigenvalue weighted by molar-refractivity contribution is -0.131. The zero-order valence-corrected chi connectivity index (χ0v) is 11.7. The quantitative estimate of drug-likeness (QED) is 0.857. The molecular formula is C16H20FNO2. The van der Waals surface area contributed by atoms with Crippen LogP contribution in [0.2, 0.25) is 0 Å². The van der Waals surface area contributed by atoms with Crippen LogP contribution in [0.5, 0.6) is 0 Å². The van der Waals surface area contributed by atoms with E-state index in [-0.39, 0.29) is 5.82 Å². The molecule has 1 saturated heterocycles. The van der Waals surface area contributed by atoms with Crippen molar-refractivity contribution in [3.63, 3.8) is 0 Å². The number of carboxylic acid groups (broad SMARTS) is 1. The van der Waals surface area contributed by atoms with E-state index in [9.17, 15) is 9.18 Å². The maximum absolute atomic E-state index is 14.0. The summed E-state index contributed by atoms with van der Waals surface area (Å²) in [7, 11) is 0. The van der Waals surface area contributed by atoms with Gasteiger partial charge in [0, 0.05) is 29.9 Å². The Balaban J connectivity index is 2.39. The Morgan fingerprint density at radius 2 is 2.20 bits per heavy atom. The van der Waals surface area contributed by atoms with Gasteiger partial charge in [0.25, 0.3) is 0 Å². The van der Waals surface area contributed by atoms with E-state index in [1.165, 1.54) is 25.0 Å². The SMILES string of the molecule is CC1CCCCCN1c1cccc(F)c1/C=C/C(=O)O. The Hall–Kier alpha value is -1.84. The van der Waals surface area contributed by atoms with E-state index >= 15 is 0 Å². The normalized spacial score (nSPS) is 20.1. The summed E-state index contributed by atoms with van der Waals surface area (Å²) in [6.07, 6.45) is 6.89. The van der Waals surface area contributed by atoms with E-state index in [0.717, 1.165) is 31.1 Å². The summed E-state index contributed by atoms with van der Waals surface area (Å²) in [5.74, 6) is -1.44. The standard InChI is InChI=1S/C16H20FNO2/c1-12-6-3-2-4-11-18(12)15-8-5-7-14(17)13(15)9-10-16(19)20/h5,7-10,12H,2-4,6,11H2,1H3,(H,19,20)/b10-9+. The Morgan fingerprint density at radius 1 is 1.40 bits per heavy atom. The zero-order valence-electron chi connectivity index (χ0n) is 11.7. The molecule has 0 bridgehead atoms. The highest BCUT2D eigenvalue weighted by molar-refractivity contribution is 5.87. The molecule has 0 saturated carbocycles. The Kier molecular flexibility index (Phi) is 4.77. The molecular weight excluding hydrogens is 257 g/mol. The van der Waals surface area contributed by atoms with E-state index in [2.05, 4.69) is 11.8 Å². The van der Waals surface area contributed by atoms with Crippen molar-refractivity contribution in [3.05, 3.63) is 35.7 Å². The summed E-state index contributed by atoms with van der Waals surface area (Å²) in [4.78, 5) is 12.9. The number of hydrogen-bond acceptors (Lipinski definition) is 2. The Labute approximate surface area is 118 Å². The Morgan fingerprint density at radius 3 is 2.95 bits per heavy atom. The summed E-state index contributed by atoms with van der Waals surface area (Å²) in [5, 5.41) is 8.74. The molecule has 1 aliphatic heterocycles. The van der Waals surface area contributed by atoms with Gasteiger partial charge in [-0.2, -0.15) is 0 Å². The number of anilines is 1. The highest BCUT2D eigenvalue weighted by Gasteiger charge is 2.20. The van der Waals surface area contributed by atoms with Crippen LogP contribution in [0.25, 0.3) is 6.08 Å². The molecule has 3 nitrogen and oxygen atoms in total. The second-order valence-electron chi connectivity index (χ2n) is 5.24. The summed E-state index contributed by atoms with van der Waals surface area (Å²) < 4.78 is 14.0. The summed E-state index contributed by atoms with van der Waals surface area (Å²) in [5.41, 5.74) is 1.15. The lowest BCUT2D eigenvalue weighted by atomic mass is 10.1. The highest BCUT2D eigenvalue weighted by atomic mass is 19.1. The number of halogens is 1. The van der Waals surface area contributed by atoms with Crippen LogP contribution in [-0.2, 0) is 4.79 Å². The molecule has 20 heavy (non-hydrogen) atoms. The molecule has 1 unspecified atom stereocenters. The van der Waals surface area contributed by atoms with Gasteiger partial charge in [0.15, 0.2) is 0 Å². The first kappa shape index (κ1) is 14.6. The third-order valence-corrected chi connectivity index (χ3v) is 3.78. The minimum Gasteiger partial charge on any atom is -0.478 e. The fourth-order valence-electron chi connectivity index (χ4n) is 2.73. The van der Waals surface area contributed by atoms with Gasteiger partial charge in [0.2, 0.25) is 0 Å². The predicted molar refractivity (Wildman–Crippen MR) is 78.3 cm³/mol. The van der Waals surface area contributed by atoms with Crippen LogP contribution in [0, 0.1) is 5.82 Å². The van der Waals surface area contributed by atoms with Crippen LogP contribution < -0.4 is 4.90 Å². The molecule has 108 valence electrons. The lowest BCUT2D eigenvalue weighted by Gasteiger charge is -2.31. The number of rotatable bonds is 3. The van der Waals surface area contributed by atoms with Crippen molar-refractivity contribution in [1.29, 1.82) is 0 Å². The molecule has 1 atom stereocenters. The minimum absolute atomic E-state index is 0.344. The minimum atomic E-state index is -1.07. The highest BCUT2D eigenvalue weighted by Crippen LogP contribution is 2.29. The van der Waals surface area contributed by atoms with Crippen molar-refractivity contribution in [2.75, 3.05) is 11.4 Å². The average Bonchev–Trinajstić information content (AvgIpc) is 2.61. The van der Waals surface area contributed by atoms with Crippen LogP contribution in [0.3, 0.4) is 0 Å². The predicted octanol–water partition coefficient (Wildman–Crippen LogP) is 3.69. The zero-order chi connectivity index (χ0) is 14.5. The van der Waals surface area contributed by atoms with Crippen LogP contribution >= 0.6 is 0 Å². The molecule has 1 aromatic carbocycles. The number of carbonyl (C=O) groups is 1. The number of benzene rings is 1. The molecule has 0 aromatic heterocycles. The largest absolute Gasteiger partial charge is 0.478 e. The number of nitrogens with zero attached hydrogens (tertiary/aromatic N) is 1. The van der Waals surface area contributed by atoms with Crippen LogP contribution in [-0.4, -0.2) is 23.7 Å². The van der Waals surface area contributed by atoms with Crippen LogP contribution in [0.4, 0.5) is 10.1 Å². The fraction of sp³-hybridized carbons (Fsp3) is 0.438. The van der Waals surface area contributed by atoms with Gasteiger partial charge in [-0.15, -0.1) is 0 Å². The molecule has 1 heterocycles. The van der Waals surface area contributed by atoms with Gasteiger partial charge >= 0.3 is 5.97 Å². The van der Waals surface area contributed by atoms with Crippen LogP contribution in [0.1, 0.15) is 38.2 Å². The maximum Gasteiger partial charge on any atom is 0.328 e. The van der Waals surface area contributed by atoms with Gasteiger partial charge in [-0.1, -0.05) is 18.9 Å². The summed E-state index contributed by atoms with van der Waals surface area (Å²) >= 11 is 0. The van der Waals surface area contributed by atoms with E-state index in [4.69, 9.17) is 5.11 Å². The second kappa shape index (κ2) is 6.55. The lowest BCUT2D eigenvalue weighted by Crippen LogP contribution is -2.33. The molecule has 4 heteroatoms. The van der Waals surface area contributed by atoms with Gasteiger partial charge in [0.05, 0.1) is 0 Å². The molecule has 1 aromatic rings. The molecule has 0 spiro atoms. The van der Waals surface area contributed by atoms with Gasteiger partial charge in [-0.05, 0) is 38.0 Å². The van der Waals surface area contributed by atoms with Crippen molar-refractivity contribution in [2.24, 2.45) is 0 Å². The van der Waals surface area contributed by atoms with Crippen molar-refractivity contribution >= 4 is 17.7 Å². The van der Waals surface area contributed by atoms with Crippen molar-refractivity contribution in [2.45, 2.75) is 38.6 Å². The first-order valence-corrected chi connectivity index (χ1v) is 7.06. The van der Waals surface area contributed by atoms with Gasteiger partial charge in [-0.25, -0.2) is 9.18 Å². The number of aliphatic carboxylic acids is 1. The molecule has 0 radical (unpaired) electrons. The van der Waals surface area contributed by atoms with Gasteiger partial charge < -0.3 is 10.0 Å². The van der Waals surface area contributed by atoms with Crippen LogP contribution in [0.15, 0.2) is 24.3 Å². The molecule has 0 aliphatic carbocycles. The third-order valence-electron chi connectivity index (χ3n) is 3.78. The maximum atomic E-state index is 14.0. The Bertz CT molecular complexity index is 513. The van der Waals surface area contributed by atoms with Crippen molar-refractivity contribution < 1.29 is 14.3 Å². The monoisotopic (exact) mass is 277 g/mol.